The molecular weight excluding hydrogens is 729 g/mol. The van der Waals surface area contributed by atoms with Crippen molar-refractivity contribution >= 4 is 37.3 Å². The molecule has 0 saturated carbocycles. The lowest BCUT2D eigenvalue weighted by molar-refractivity contribution is -0.121. The minimum absolute atomic E-state index is 0.0511. The zero-order valence-electron chi connectivity index (χ0n) is 33.1. The molecule has 0 bridgehead atoms. The Kier molecular flexibility index (Phi) is 14.2. The maximum absolute atomic E-state index is 12.7. The number of amides is 1. The third kappa shape index (κ3) is 11.4. The number of hydrogen-bond acceptors (Lipinski definition) is 6. The molecule has 0 spiro atoms. The molecule has 4 N–H and O–H groups in total. The highest BCUT2D eigenvalue weighted by Crippen LogP contribution is 2.28. The number of aryl methyl sites for hydroxylation is 2. The molecule has 4 aromatic rings. The van der Waals surface area contributed by atoms with Gasteiger partial charge in [0.2, 0.25) is 5.91 Å². The molecule has 4 aromatic carbocycles. The van der Waals surface area contributed by atoms with Crippen LogP contribution in [0.3, 0.4) is 0 Å². The van der Waals surface area contributed by atoms with Gasteiger partial charge in [-0.2, -0.15) is 0 Å². The topological polar surface area (TPSA) is 133 Å². The van der Waals surface area contributed by atoms with E-state index in [2.05, 4.69) is 60.8 Å². The number of benzene rings is 4. The summed E-state index contributed by atoms with van der Waals surface area (Å²) >= 11 is 0. The summed E-state index contributed by atoms with van der Waals surface area (Å²) in [5, 5.41) is 6.62. The Morgan fingerprint density at radius 2 is 1.05 bits per heavy atom. The van der Waals surface area contributed by atoms with Gasteiger partial charge in [0.1, 0.15) is 0 Å². The van der Waals surface area contributed by atoms with Crippen molar-refractivity contribution in [1.29, 1.82) is 0 Å². The van der Waals surface area contributed by atoms with Gasteiger partial charge in [0.25, 0.3) is 20.0 Å². The molecule has 2 aliphatic rings. The number of carbonyl (C=O) groups is 1. The Morgan fingerprint density at radius 1 is 0.618 bits per heavy atom. The normalized spacial score (nSPS) is 16.7. The summed E-state index contributed by atoms with van der Waals surface area (Å²) in [5.74, 6) is 0.784. The zero-order valence-corrected chi connectivity index (χ0v) is 34.7. The fourth-order valence-corrected chi connectivity index (χ4v) is 9.21. The summed E-state index contributed by atoms with van der Waals surface area (Å²) in [6.45, 7) is 13.4. The molecule has 9 nitrogen and oxygen atoms in total. The first-order chi connectivity index (χ1) is 26.2. The Bertz CT molecular complexity index is 2130. The third-order valence-electron chi connectivity index (χ3n) is 10.5. The van der Waals surface area contributed by atoms with Crippen molar-refractivity contribution in [2.75, 3.05) is 16.0 Å². The molecule has 296 valence electrons. The van der Waals surface area contributed by atoms with Crippen molar-refractivity contribution in [3.05, 3.63) is 118 Å². The summed E-state index contributed by atoms with van der Waals surface area (Å²) in [5.41, 5.74) is 8.29. The number of fused-ring (bicyclic) bond motifs is 2. The Labute approximate surface area is 329 Å². The fraction of sp³-hybridized carbons (Fsp3) is 0.432. The first-order valence-corrected chi connectivity index (χ1v) is 22.7. The molecule has 0 radical (unpaired) electrons. The van der Waals surface area contributed by atoms with Gasteiger partial charge in [0.05, 0.1) is 9.79 Å². The highest BCUT2D eigenvalue weighted by Gasteiger charge is 2.23. The van der Waals surface area contributed by atoms with Gasteiger partial charge in [-0.3, -0.25) is 14.2 Å². The average Bonchev–Trinajstić information content (AvgIpc) is 3.16. The predicted octanol–water partition coefficient (Wildman–Crippen LogP) is 8.46. The highest BCUT2D eigenvalue weighted by molar-refractivity contribution is 7.93. The van der Waals surface area contributed by atoms with Crippen LogP contribution in [0, 0.1) is 0 Å². The van der Waals surface area contributed by atoms with Crippen LogP contribution in [0.15, 0.2) is 94.7 Å². The van der Waals surface area contributed by atoms with E-state index in [4.69, 9.17) is 0 Å². The number of nitrogens with one attached hydrogen (secondary N) is 4. The summed E-state index contributed by atoms with van der Waals surface area (Å²) < 4.78 is 56.4. The second-order valence-corrected chi connectivity index (χ2v) is 18.7. The minimum atomic E-state index is -3.64. The van der Waals surface area contributed by atoms with Gasteiger partial charge in [-0.25, -0.2) is 16.8 Å². The molecule has 0 unspecified atom stereocenters. The van der Waals surface area contributed by atoms with Crippen LogP contribution < -0.4 is 20.1 Å². The summed E-state index contributed by atoms with van der Waals surface area (Å²) in [4.78, 5) is 12.2. The molecule has 0 fully saturated rings. The van der Waals surface area contributed by atoms with Crippen LogP contribution >= 0.6 is 0 Å². The van der Waals surface area contributed by atoms with Crippen LogP contribution in [-0.2, 0) is 50.5 Å². The molecule has 6 rings (SSSR count). The Balaban J connectivity index is 0.000000211. The van der Waals surface area contributed by atoms with Crippen molar-refractivity contribution in [3.8, 4) is 0 Å². The molecule has 0 aromatic heterocycles. The molecule has 11 heteroatoms. The largest absolute Gasteiger partial charge is 0.353 e. The van der Waals surface area contributed by atoms with Crippen LogP contribution in [0.4, 0.5) is 11.4 Å². The molecule has 0 aliphatic heterocycles. The van der Waals surface area contributed by atoms with Gasteiger partial charge in [0.15, 0.2) is 0 Å². The van der Waals surface area contributed by atoms with Crippen molar-refractivity contribution in [2.45, 2.75) is 127 Å². The van der Waals surface area contributed by atoms with E-state index in [0.717, 1.165) is 68.2 Å². The van der Waals surface area contributed by atoms with Crippen LogP contribution in [-0.4, -0.2) is 41.4 Å². The molecule has 0 heterocycles. The van der Waals surface area contributed by atoms with E-state index in [0.29, 0.717) is 40.6 Å². The number of carbonyl (C=O) groups excluding carboxylic acids is 1. The number of rotatable bonds is 13. The highest BCUT2D eigenvalue weighted by atomic mass is 32.2. The van der Waals surface area contributed by atoms with E-state index in [9.17, 15) is 21.6 Å². The lowest BCUT2D eigenvalue weighted by atomic mass is 9.88. The standard InChI is InChI=1S/C22H28N2O3S.C22H30N2O2S/c1-4-22(25)23-19-9-5-17-6-10-20(14-18(17)13-19)24-28(26,27)21-11-7-16(8-12-21)15(2)3;1-4-13-23-20-9-5-18-6-10-21(15-19(18)14-20)24-27(25,26)22-11-7-17(8-12-22)16(2)3/h6-8,10-12,14-15,19,24H,4-5,9,13H2,1-3H3,(H,23,25);6-8,10-12,15-16,20,23-24H,4-5,9,13-14H2,1-3H3/t19-;20-/m11/s1. The smallest absolute Gasteiger partial charge is 0.261 e. The maximum Gasteiger partial charge on any atom is 0.261 e. The van der Waals surface area contributed by atoms with Crippen molar-refractivity contribution in [1.82, 2.24) is 10.6 Å². The minimum Gasteiger partial charge on any atom is -0.353 e. The predicted molar refractivity (Wildman–Crippen MR) is 224 cm³/mol. The van der Waals surface area contributed by atoms with Crippen LogP contribution in [0.25, 0.3) is 0 Å². The van der Waals surface area contributed by atoms with Gasteiger partial charge in [-0.05, 0) is 145 Å². The van der Waals surface area contributed by atoms with E-state index in [-0.39, 0.29) is 16.8 Å². The summed E-state index contributed by atoms with van der Waals surface area (Å²) in [7, 11) is -7.21. The fourth-order valence-electron chi connectivity index (χ4n) is 7.11. The van der Waals surface area contributed by atoms with Crippen LogP contribution in [0.1, 0.15) is 112 Å². The van der Waals surface area contributed by atoms with Crippen molar-refractivity contribution < 1.29 is 21.6 Å². The molecule has 55 heavy (non-hydrogen) atoms. The van der Waals surface area contributed by atoms with Gasteiger partial charge in [-0.1, -0.05) is 77.9 Å². The lowest BCUT2D eigenvalue weighted by Gasteiger charge is -2.26. The number of anilines is 2. The molecule has 0 saturated heterocycles. The van der Waals surface area contributed by atoms with E-state index in [1.165, 1.54) is 16.7 Å². The quantitative estimate of drug-likeness (QED) is 0.108. The van der Waals surface area contributed by atoms with Gasteiger partial charge in [0, 0.05) is 29.9 Å². The first-order valence-electron chi connectivity index (χ1n) is 19.7. The van der Waals surface area contributed by atoms with Gasteiger partial charge < -0.3 is 10.6 Å². The van der Waals surface area contributed by atoms with Crippen molar-refractivity contribution in [3.63, 3.8) is 0 Å². The number of sulfonamides is 2. The first kappa shape index (κ1) is 42.0. The van der Waals surface area contributed by atoms with Crippen LogP contribution in [0.2, 0.25) is 0 Å². The Hall–Kier alpha value is -4.19. The molecule has 2 atom stereocenters. The van der Waals surface area contributed by atoms with E-state index in [1.807, 2.05) is 61.5 Å². The second kappa shape index (κ2) is 18.6. The SMILES string of the molecule is CCC(=O)N[C@@H]1CCc2ccc(NS(=O)(=O)c3ccc(C(C)C)cc3)cc2C1.CCCN[C@@H]1CCc2ccc(NS(=O)(=O)c3ccc(C(C)C)cc3)cc2C1. The van der Waals surface area contributed by atoms with Crippen molar-refractivity contribution in [2.24, 2.45) is 0 Å². The van der Waals surface area contributed by atoms with Gasteiger partial charge >= 0.3 is 0 Å². The molecule has 2 aliphatic carbocycles. The van der Waals surface area contributed by atoms with E-state index < -0.39 is 20.0 Å². The third-order valence-corrected chi connectivity index (χ3v) is 13.3. The zero-order chi connectivity index (χ0) is 39.8. The summed E-state index contributed by atoms with van der Waals surface area (Å²) in [6, 6.07) is 26.3. The van der Waals surface area contributed by atoms with E-state index >= 15 is 0 Å². The molecular formula is C44H58N4O5S2. The summed E-state index contributed by atoms with van der Waals surface area (Å²) in [6.07, 6.45) is 7.24. The van der Waals surface area contributed by atoms with Crippen LogP contribution in [0.5, 0.6) is 0 Å². The number of hydrogen-bond donors (Lipinski definition) is 4. The lowest BCUT2D eigenvalue weighted by Crippen LogP contribution is -2.38. The second-order valence-electron chi connectivity index (χ2n) is 15.4. The Morgan fingerprint density at radius 3 is 1.47 bits per heavy atom. The maximum atomic E-state index is 12.7. The van der Waals surface area contributed by atoms with Gasteiger partial charge in [-0.15, -0.1) is 0 Å². The monoisotopic (exact) mass is 786 g/mol. The average molecular weight is 787 g/mol. The molecule has 1 amide bonds. The van der Waals surface area contributed by atoms with E-state index in [1.54, 1.807) is 24.3 Å².